The van der Waals surface area contributed by atoms with Gasteiger partial charge in [-0.2, -0.15) is 13.2 Å². The predicted molar refractivity (Wildman–Crippen MR) is 176 cm³/mol. The van der Waals surface area contributed by atoms with Crippen LogP contribution in [0.1, 0.15) is 74.6 Å². The normalized spacial score (nSPS) is 15.3. The number of nitrogens with zero attached hydrogens (tertiary/aromatic N) is 1. The summed E-state index contributed by atoms with van der Waals surface area (Å²) in [6, 6.07) is 17.5. The van der Waals surface area contributed by atoms with E-state index in [1.807, 2.05) is 32.0 Å². The summed E-state index contributed by atoms with van der Waals surface area (Å²) in [5.41, 5.74) is 5.44. The maximum Gasteiger partial charge on any atom is 0.386 e. The SMILES string of the molecule is C=C(C)Nc1ccc(F)cc1C1(C)CCN(CCCC(C(=O)NCc2cccc(C)c2)c2ccc(F)c(Cl)c2)CC1.CC(F)(F)F. The van der Waals surface area contributed by atoms with Gasteiger partial charge in [0.1, 0.15) is 11.6 Å². The Morgan fingerprint density at radius 2 is 1.74 bits per heavy atom. The summed E-state index contributed by atoms with van der Waals surface area (Å²) in [7, 11) is 0. The number of allylic oxidation sites excluding steroid dienone is 1. The monoisotopic (exact) mass is 663 g/mol. The third-order valence-corrected chi connectivity index (χ3v) is 8.41. The third-order valence-electron chi connectivity index (χ3n) is 8.12. The lowest BCUT2D eigenvalue weighted by Crippen LogP contribution is -2.41. The first-order valence-electron chi connectivity index (χ1n) is 15.3. The fourth-order valence-corrected chi connectivity index (χ4v) is 5.91. The molecule has 4 nitrogen and oxygen atoms in total. The van der Waals surface area contributed by atoms with Crippen molar-refractivity contribution < 1.29 is 26.7 Å². The average molecular weight is 664 g/mol. The van der Waals surface area contributed by atoms with Crippen LogP contribution in [0.2, 0.25) is 5.02 Å². The van der Waals surface area contributed by atoms with Crippen LogP contribution in [-0.4, -0.2) is 36.6 Å². The van der Waals surface area contributed by atoms with Gasteiger partial charge >= 0.3 is 6.18 Å². The van der Waals surface area contributed by atoms with Crippen molar-refractivity contribution in [1.29, 1.82) is 0 Å². The summed E-state index contributed by atoms with van der Waals surface area (Å²) in [5, 5.41) is 6.38. The molecule has 1 unspecified atom stereocenters. The molecule has 46 heavy (non-hydrogen) atoms. The summed E-state index contributed by atoms with van der Waals surface area (Å²) in [5.74, 6) is -1.26. The van der Waals surface area contributed by atoms with E-state index in [1.165, 1.54) is 12.1 Å². The van der Waals surface area contributed by atoms with Crippen LogP contribution in [0, 0.1) is 18.6 Å². The average Bonchev–Trinajstić information content (AvgIpc) is 2.96. The number of halogens is 6. The summed E-state index contributed by atoms with van der Waals surface area (Å²) in [6.45, 7) is 13.3. The Morgan fingerprint density at radius 1 is 1.07 bits per heavy atom. The molecule has 1 atom stereocenters. The van der Waals surface area contributed by atoms with Gasteiger partial charge in [0.2, 0.25) is 5.91 Å². The van der Waals surface area contributed by atoms with Gasteiger partial charge in [0.05, 0.1) is 10.9 Å². The molecule has 1 heterocycles. The second-order valence-electron chi connectivity index (χ2n) is 12.4. The number of hydrogen-bond acceptors (Lipinski definition) is 3. The maximum atomic E-state index is 14.2. The summed E-state index contributed by atoms with van der Waals surface area (Å²) in [6.07, 6.45) is -0.784. The van der Waals surface area contributed by atoms with Gasteiger partial charge in [0, 0.05) is 24.9 Å². The highest BCUT2D eigenvalue weighted by atomic mass is 35.5. The highest BCUT2D eigenvalue weighted by Gasteiger charge is 2.34. The van der Waals surface area contributed by atoms with Gasteiger partial charge in [-0.1, -0.05) is 61.0 Å². The van der Waals surface area contributed by atoms with E-state index in [0.717, 1.165) is 67.0 Å². The lowest BCUT2D eigenvalue weighted by Gasteiger charge is -2.41. The molecule has 0 spiro atoms. The molecule has 0 aromatic heterocycles. The number of carbonyl (C=O) groups is 1. The summed E-state index contributed by atoms with van der Waals surface area (Å²) >= 11 is 6.09. The Kier molecular flexibility index (Phi) is 13.2. The fourth-order valence-electron chi connectivity index (χ4n) is 5.73. The van der Waals surface area contributed by atoms with Crippen molar-refractivity contribution in [1.82, 2.24) is 10.2 Å². The van der Waals surface area contributed by atoms with Crippen LogP contribution >= 0.6 is 11.6 Å². The number of aryl methyl sites for hydroxylation is 1. The van der Waals surface area contributed by atoms with E-state index in [-0.39, 0.29) is 29.1 Å². The number of benzene rings is 3. The van der Waals surface area contributed by atoms with Gasteiger partial charge in [0.25, 0.3) is 0 Å². The molecule has 3 aromatic carbocycles. The number of hydrogen-bond donors (Lipinski definition) is 2. The lowest BCUT2D eigenvalue weighted by molar-refractivity contribution is -0.123. The number of amides is 1. The largest absolute Gasteiger partial charge is 0.386 e. The van der Waals surface area contributed by atoms with E-state index in [4.69, 9.17) is 11.6 Å². The minimum atomic E-state index is -4.00. The maximum absolute atomic E-state index is 14.2. The quantitative estimate of drug-likeness (QED) is 0.201. The molecule has 1 aliphatic heterocycles. The van der Waals surface area contributed by atoms with E-state index in [1.54, 1.807) is 24.3 Å². The standard InChI is InChI=1S/C34H40ClF2N3O.C2H3F3/c1-23(2)39-32-13-11-27(36)21-29(32)34(4)14-17-40(18-15-34)16-6-9-28(26-10-12-31(37)30(35)20-26)33(41)38-22-25-8-5-7-24(3)19-25;1-2(3,4)5/h5,7-8,10-13,19-21,28,39H,1,6,9,14-18,22H2,2-4H3,(H,38,41);1H3. The number of carbonyl (C=O) groups excluding carboxylic acids is 1. The van der Waals surface area contributed by atoms with Crippen molar-refractivity contribution in [3.05, 3.63) is 112 Å². The van der Waals surface area contributed by atoms with Crippen molar-refractivity contribution in [2.75, 3.05) is 25.0 Å². The lowest BCUT2D eigenvalue weighted by atomic mass is 9.73. The molecule has 250 valence electrons. The second kappa shape index (κ2) is 16.4. The third kappa shape index (κ3) is 11.7. The molecule has 1 saturated heterocycles. The van der Waals surface area contributed by atoms with Gasteiger partial charge in [-0.25, -0.2) is 8.78 Å². The molecule has 3 aromatic rings. The topological polar surface area (TPSA) is 44.4 Å². The number of rotatable bonds is 11. The van der Waals surface area contributed by atoms with E-state index >= 15 is 0 Å². The van der Waals surface area contributed by atoms with E-state index in [2.05, 4.69) is 35.1 Å². The highest BCUT2D eigenvalue weighted by Crippen LogP contribution is 2.40. The summed E-state index contributed by atoms with van der Waals surface area (Å²) in [4.78, 5) is 15.8. The van der Waals surface area contributed by atoms with Crippen molar-refractivity contribution >= 4 is 23.2 Å². The van der Waals surface area contributed by atoms with Crippen LogP contribution in [0.4, 0.5) is 27.6 Å². The minimum Gasteiger partial charge on any atom is -0.359 e. The Labute approximate surface area is 274 Å². The van der Waals surface area contributed by atoms with Crippen molar-refractivity contribution in [3.63, 3.8) is 0 Å². The van der Waals surface area contributed by atoms with E-state index < -0.39 is 17.9 Å². The smallest absolute Gasteiger partial charge is 0.359 e. The van der Waals surface area contributed by atoms with Crippen molar-refractivity contribution in [2.24, 2.45) is 0 Å². The fraction of sp³-hybridized carbons (Fsp3) is 0.417. The molecule has 0 aliphatic carbocycles. The number of likely N-dealkylation sites (tertiary alicyclic amines) is 1. The molecule has 1 amide bonds. The predicted octanol–water partition coefficient (Wildman–Crippen LogP) is 9.67. The number of nitrogens with one attached hydrogen (secondary N) is 2. The first kappa shape index (κ1) is 37.0. The summed E-state index contributed by atoms with van der Waals surface area (Å²) < 4.78 is 59.2. The van der Waals surface area contributed by atoms with Gasteiger partial charge in [-0.3, -0.25) is 4.79 Å². The van der Waals surface area contributed by atoms with Crippen molar-refractivity contribution in [3.8, 4) is 0 Å². The van der Waals surface area contributed by atoms with Gasteiger partial charge < -0.3 is 15.5 Å². The van der Waals surface area contributed by atoms with Crippen LogP contribution in [0.5, 0.6) is 0 Å². The Balaban J connectivity index is 0.00000107. The number of piperidine rings is 1. The molecule has 1 aliphatic rings. The Hall–Kier alpha value is -3.43. The zero-order valence-electron chi connectivity index (χ0n) is 26.8. The molecule has 2 N–H and O–H groups in total. The molecular formula is C36H43ClF5N3O. The molecular weight excluding hydrogens is 621 g/mol. The van der Waals surface area contributed by atoms with E-state index in [0.29, 0.717) is 18.5 Å². The number of anilines is 1. The van der Waals surface area contributed by atoms with Crippen LogP contribution in [0.25, 0.3) is 0 Å². The zero-order valence-corrected chi connectivity index (χ0v) is 27.6. The number of alkyl halides is 3. The molecule has 1 fully saturated rings. The van der Waals surface area contributed by atoms with E-state index in [9.17, 15) is 26.7 Å². The molecule has 4 rings (SSSR count). The van der Waals surface area contributed by atoms with Crippen LogP contribution in [0.3, 0.4) is 0 Å². The molecule has 10 heteroatoms. The molecule has 0 radical (unpaired) electrons. The first-order valence-corrected chi connectivity index (χ1v) is 15.7. The van der Waals surface area contributed by atoms with Crippen LogP contribution < -0.4 is 10.6 Å². The van der Waals surface area contributed by atoms with Gasteiger partial charge in [0.15, 0.2) is 0 Å². The Morgan fingerprint density at radius 3 is 2.35 bits per heavy atom. The van der Waals surface area contributed by atoms with Gasteiger partial charge in [-0.15, -0.1) is 0 Å². The van der Waals surface area contributed by atoms with Crippen molar-refractivity contribution in [2.45, 2.75) is 77.4 Å². The zero-order chi connectivity index (χ0) is 34.1. The van der Waals surface area contributed by atoms with Gasteiger partial charge in [-0.05, 0) is 112 Å². The Bertz CT molecular complexity index is 1480. The second-order valence-corrected chi connectivity index (χ2v) is 12.8. The molecule has 0 saturated carbocycles. The van der Waals surface area contributed by atoms with Crippen LogP contribution in [-0.2, 0) is 16.8 Å². The molecule has 0 bridgehead atoms. The van der Waals surface area contributed by atoms with Crippen LogP contribution in [0.15, 0.2) is 72.9 Å². The minimum absolute atomic E-state index is 0.0205. The first-order chi connectivity index (χ1) is 21.5. The highest BCUT2D eigenvalue weighted by molar-refractivity contribution is 6.30.